The molecule has 0 aliphatic carbocycles. The summed E-state index contributed by atoms with van der Waals surface area (Å²) in [7, 11) is 0. The third-order valence-corrected chi connectivity index (χ3v) is 4.57. The van der Waals surface area contributed by atoms with E-state index < -0.39 is 15.1 Å². The highest BCUT2D eigenvalue weighted by Gasteiger charge is 2.58. The number of carbonyl (C=O) groups is 1. The maximum atomic E-state index is 11.7. The molecule has 0 aromatic carbocycles. The van der Waals surface area contributed by atoms with E-state index in [9.17, 15) is 4.79 Å². The van der Waals surface area contributed by atoms with Crippen LogP contribution in [0.25, 0.3) is 0 Å². The zero-order valence-corrected chi connectivity index (χ0v) is 10.4. The number of hydrogen-bond acceptors (Lipinski definition) is 4. The molecule has 5 heteroatoms. The van der Waals surface area contributed by atoms with E-state index in [1.165, 1.54) is 0 Å². The zero-order valence-electron chi connectivity index (χ0n) is 9.27. The predicted octanol–water partition coefficient (Wildman–Crippen LogP) is 1.53. The minimum Gasteiger partial charge on any atom is -0.572 e. The van der Waals surface area contributed by atoms with Gasteiger partial charge in [-0.3, -0.25) is 4.79 Å². The molecule has 3 aliphatic heterocycles. The van der Waals surface area contributed by atoms with Gasteiger partial charge < -0.3 is 11.4 Å². The van der Waals surface area contributed by atoms with Crippen molar-refractivity contribution in [3.63, 3.8) is 0 Å². The molecule has 0 amide bonds. The summed E-state index contributed by atoms with van der Waals surface area (Å²) in [5.41, 5.74) is 0. The Balaban J connectivity index is 2.08. The summed E-state index contributed by atoms with van der Waals surface area (Å²) < 4.78 is 16.4. The van der Waals surface area contributed by atoms with Gasteiger partial charge in [0, 0.05) is 12.2 Å². The normalized spacial score (nSPS) is 34.4. The van der Waals surface area contributed by atoms with E-state index >= 15 is 0 Å². The average Bonchev–Trinajstić information content (AvgIpc) is 2.17. The van der Waals surface area contributed by atoms with Gasteiger partial charge >= 0.3 is 15.1 Å². The fourth-order valence-electron chi connectivity index (χ4n) is 2.32. The van der Waals surface area contributed by atoms with E-state index in [1.807, 2.05) is 0 Å². The van der Waals surface area contributed by atoms with Crippen LogP contribution < -0.4 is 0 Å². The Morgan fingerprint density at radius 2 is 1.67 bits per heavy atom. The SMILES string of the molecule is CCCC1[O][Al]2[O]C(=O)C1C(CCC)[O]2. The standard InChI is InChI=1S/C10H18O4.Al/c1-3-5-7(11)9(10(13)14)8(12)6-4-2;/h7-9H,3-6H2,1-2H3,(H,13,14);/q-2;+3/p-1. The Labute approximate surface area is 95.3 Å². The van der Waals surface area contributed by atoms with Gasteiger partial charge in [-0.15, -0.1) is 0 Å². The van der Waals surface area contributed by atoms with Gasteiger partial charge in [-0.25, -0.2) is 0 Å². The van der Waals surface area contributed by atoms with Crippen molar-refractivity contribution in [1.29, 1.82) is 0 Å². The number of hydrogen-bond donors (Lipinski definition) is 0. The first-order valence-electron chi connectivity index (χ1n) is 5.77. The fraction of sp³-hybridized carbons (Fsp3) is 0.900. The van der Waals surface area contributed by atoms with Crippen molar-refractivity contribution in [2.24, 2.45) is 5.92 Å². The van der Waals surface area contributed by atoms with Gasteiger partial charge in [-0.05, 0) is 12.8 Å². The largest absolute Gasteiger partial charge is 1.00 e. The highest BCUT2D eigenvalue weighted by atomic mass is 27.3. The molecule has 4 nitrogen and oxygen atoms in total. The van der Waals surface area contributed by atoms with Gasteiger partial charge in [-0.1, -0.05) is 26.7 Å². The molecule has 3 aliphatic rings. The van der Waals surface area contributed by atoms with Crippen molar-refractivity contribution in [2.75, 3.05) is 0 Å². The number of fused-ring (bicyclic) bond motifs is 3. The molecule has 3 saturated heterocycles. The first-order valence-corrected chi connectivity index (χ1v) is 7.19. The highest BCUT2D eigenvalue weighted by Crippen LogP contribution is 2.34. The summed E-state index contributed by atoms with van der Waals surface area (Å²) in [5, 5.41) is 0. The summed E-state index contributed by atoms with van der Waals surface area (Å²) in [6.07, 6.45) is 4.05. The Kier molecular flexibility index (Phi) is 3.68. The third kappa shape index (κ3) is 2.21. The lowest BCUT2D eigenvalue weighted by Crippen LogP contribution is -2.59. The smallest absolute Gasteiger partial charge is 0.572 e. The van der Waals surface area contributed by atoms with Gasteiger partial charge in [0.05, 0.1) is 0 Å². The van der Waals surface area contributed by atoms with Crippen LogP contribution in [0.15, 0.2) is 0 Å². The van der Waals surface area contributed by atoms with Gasteiger partial charge in [0.1, 0.15) is 5.92 Å². The molecule has 2 atom stereocenters. The van der Waals surface area contributed by atoms with E-state index in [1.54, 1.807) is 0 Å². The van der Waals surface area contributed by atoms with Crippen LogP contribution in [0, 0.1) is 5.92 Å². The average molecular weight is 228 g/mol. The van der Waals surface area contributed by atoms with Crippen LogP contribution in [0.2, 0.25) is 0 Å². The molecule has 0 radical (unpaired) electrons. The van der Waals surface area contributed by atoms with E-state index in [2.05, 4.69) is 13.8 Å². The molecule has 0 spiro atoms. The first kappa shape index (κ1) is 11.4. The number of rotatable bonds is 4. The van der Waals surface area contributed by atoms with E-state index in [4.69, 9.17) is 11.4 Å². The first-order chi connectivity index (χ1) is 7.26. The van der Waals surface area contributed by atoms with Gasteiger partial charge in [0.25, 0.3) is 5.97 Å². The lowest BCUT2D eigenvalue weighted by Gasteiger charge is -2.44. The van der Waals surface area contributed by atoms with Crippen molar-refractivity contribution in [2.45, 2.75) is 51.7 Å². The molecule has 0 aromatic rings. The summed E-state index contributed by atoms with van der Waals surface area (Å²) in [5.74, 6) is -0.261. The predicted molar refractivity (Wildman–Crippen MR) is 54.9 cm³/mol. The second kappa shape index (κ2) is 4.84. The lowest BCUT2D eigenvalue weighted by atomic mass is 9.90. The fourth-order valence-corrected chi connectivity index (χ4v) is 4.03. The topological polar surface area (TPSA) is 44.8 Å². The van der Waals surface area contributed by atoms with Crippen molar-refractivity contribution in [3.8, 4) is 0 Å². The molecule has 0 N–H and O–H groups in total. The second-order valence-electron chi connectivity index (χ2n) is 4.18. The monoisotopic (exact) mass is 228 g/mol. The van der Waals surface area contributed by atoms with Crippen molar-refractivity contribution >= 4 is 21.1 Å². The molecule has 2 bridgehead atoms. The molecule has 3 fully saturated rings. The molecule has 3 rings (SSSR count). The van der Waals surface area contributed by atoms with Crippen molar-refractivity contribution in [3.05, 3.63) is 0 Å². The van der Waals surface area contributed by atoms with Crippen molar-refractivity contribution < 1.29 is 16.2 Å². The number of carbonyl (C=O) groups excluding carboxylic acids is 1. The molecule has 2 unspecified atom stereocenters. The Morgan fingerprint density at radius 3 is 2.07 bits per heavy atom. The Bertz CT molecular complexity index is 230. The minimum absolute atomic E-state index is 0.0539. The molecular formula is C10H17AlO4. The summed E-state index contributed by atoms with van der Waals surface area (Å²) in [4.78, 5) is 11.7. The zero-order chi connectivity index (χ0) is 10.8. The van der Waals surface area contributed by atoms with Gasteiger partial charge in [-0.2, -0.15) is 0 Å². The van der Waals surface area contributed by atoms with Crippen LogP contribution in [0.4, 0.5) is 0 Å². The van der Waals surface area contributed by atoms with E-state index in [-0.39, 0.29) is 24.1 Å². The quantitative estimate of drug-likeness (QED) is 0.684. The molecule has 15 heavy (non-hydrogen) atoms. The minimum atomic E-state index is -2.13. The summed E-state index contributed by atoms with van der Waals surface area (Å²) >= 11 is -2.13. The Hall–Kier alpha value is -0.0775. The summed E-state index contributed by atoms with van der Waals surface area (Å²) in [6, 6.07) is 0. The maximum Gasteiger partial charge on any atom is 1.00 e. The third-order valence-electron chi connectivity index (χ3n) is 3.00. The highest BCUT2D eigenvalue weighted by molar-refractivity contribution is 6.41. The molecule has 84 valence electrons. The van der Waals surface area contributed by atoms with Crippen LogP contribution in [0.1, 0.15) is 39.5 Å². The Morgan fingerprint density at radius 1 is 1.13 bits per heavy atom. The molecule has 3 heterocycles. The van der Waals surface area contributed by atoms with Crippen LogP contribution in [-0.4, -0.2) is 33.3 Å². The van der Waals surface area contributed by atoms with Crippen LogP contribution >= 0.6 is 0 Å². The van der Waals surface area contributed by atoms with Crippen molar-refractivity contribution in [1.82, 2.24) is 0 Å². The molecule has 0 saturated carbocycles. The van der Waals surface area contributed by atoms with Gasteiger partial charge in [0.15, 0.2) is 0 Å². The lowest BCUT2D eigenvalue weighted by molar-refractivity contribution is -0.180. The van der Waals surface area contributed by atoms with E-state index in [0.29, 0.717) is 0 Å². The second-order valence-corrected chi connectivity index (χ2v) is 5.54. The molecule has 0 aromatic heterocycles. The van der Waals surface area contributed by atoms with E-state index in [0.717, 1.165) is 25.7 Å². The maximum absolute atomic E-state index is 11.7. The van der Waals surface area contributed by atoms with Crippen LogP contribution in [0.5, 0.6) is 0 Å². The van der Waals surface area contributed by atoms with Crippen LogP contribution in [0.3, 0.4) is 0 Å². The molecular weight excluding hydrogens is 211 g/mol. The van der Waals surface area contributed by atoms with Gasteiger partial charge in [0.2, 0.25) is 0 Å². The summed E-state index contributed by atoms with van der Waals surface area (Å²) in [6.45, 7) is 4.21. The van der Waals surface area contributed by atoms with Crippen LogP contribution in [-0.2, 0) is 16.2 Å².